The molecule has 2 rings (SSSR count). The zero-order chi connectivity index (χ0) is 15.4. The second-order valence-corrected chi connectivity index (χ2v) is 5.61. The van der Waals surface area contributed by atoms with Gasteiger partial charge in [0.2, 0.25) is 0 Å². The molecule has 0 spiro atoms. The third-order valence-electron chi connectivity index (χ3n) is 4.08. The van der Waals surface area contributed by atoms with E-state index in [2.05, 4.69) is 0 Å². The average Bonchev–Trinajstić information content (AvgIpc) is 2.47. The predicted octanol–water partition coefficient (Wildman–Crippen LogP) is 2.86. The molecule has 0 aliphatic carbocycles. The van der Waals surface area contributed by atoms with E-state index in [9.17, 15) is 8.78 Å². The van der Waals surface area contributed by atoms with Crippen LogP contribution in [0.3, 0.4) is 0 Å². The van der Waals surface area contributed by atoms with Crippen LogP contribution >= 0.6 is 0 Å². The van der Waals surface area contributed by atoms with Gasteiger partial charge in [-0.2, -0.15) is 0 Å². The first-order valence-corrected chi connectivity index (χ1v) is 7.64. The van der Waals surface area contributed by atoms with Gasteiger partial charge < -0.3 is 15.4 Å². The summed E-state index contributed by atoms with van der Waals surface area (Å²) in [6.45, 7) is 5.48. The number of nitrogens with zero attached hydrogens (tertiary/aromatic N) is 1. The molecule has 1 aliphatic heterocycles. The number of morpholine rings is 1. The molecule has 2 N–H and O–H groups in total. The molecule has 1 heterocycles. The number of halogens is 2. The molecule has 1 saturated heterocycles. The monoisotopic (exact) mass is 298 g/mol. The van der Waals surface area contributed by atoms with E-state index < -0.39 is 11.6 Å². The van der Waals surface area contributed by atoms with Crippen LogP contribution in [0, 0.1) is 11.6 Å². The quantitative estimate of drug-likeness (QED) is 0.908. The van der Waals surface area contributed by atoms with Gasteiger partial charge in [-0.3, -0.25) is 0 Å². The zero-order valence-electron chi connectivity index (χ0n) is 12.7. The Morgan fingerprint density at radius 2 is 2.00 bits per heavy atom. The minimum absolute atomic E-state index is 0.0199. The molecule has 3 nitrogen and oxygen atoms in total. The van der Waals surface area contributed by atoms with Crippen molar-refractivity contribution in [2.24, 2.45) is 5.73 Å². The van der Waals surface area contributed by atoms with Gasteiger partial charge >= 0.3 is 0 Å². The number of anilines is 1. The Kier molecular flexibility index (Phi) is 5.53. The second kappa shape index (κ2) is 7.18. The fourth-order valence-electron chi connectivity index (χ4n) is 2.74. The highest BCUT2D eigenvalue weighted by Crippen LogP contribution is 2.29. The first-order valence-electron chi connectivity index (χ1n) is 7.64. The van der Waals surface area contributed by atoms with Gasteiger partial charge in [0, 0.05) is 12.6 Å². The van der Waals surface area contributed by atoms with Gasteiger partial charge in [0.15, 0.2) is 0 Å². The molecule has 118 valence electrons. The van der Waals surface area contributed by atoms with Crippen molar-refractivity contribution >= 4 is 5.69 Å². The third kappa shape index (κ3) is 3.71. The number of rotatable bonds is 5. The van der Waals surface area contributed by atoms with Gasteiger partial charge in [-0.15, -0.1) is 0 Å². The molecule has 21 heavy (non-hydrogen) atoms. The highest BCUT2D eigenvalue weighted by Gasteiger charge is 2.27. The Labute approximate surface area is 125 Å². The molecule has 1 aromatic carbocycles. The third-order valence-corrected chi connectivity index (χ3v) is 4.08. The molecule has 2 atom stereocenters. The van der Waals surface area contributed by atoms with E-state index >= 15 is 0 Å². The summed E-state index contributed by atoms with van der Waals surface area (Å²) in [5, 5.41) is 0. The van der Waals surface area contributed by atoms with Gasteiger partial charge in [0.05, 0.1) is 19.3 Å². The van der Waals surface area contributed by atoms with E-state index in [1.165, 1.54) is 12.1 Å². The fraction of sp³-hybridized carbons (Fsp3) is 0.625. The zero-order valence-corrected chi connectivity index (χ0v) is 12.7. The number of benzene rings is 1. The molecule has 0 radical (unpaired) electrons. The van der Waals surface area contributed by atoms with Crippen molar-refractivity contribution in [2.75, 3.05) is 24.7 Å². The van der Waals surface area contributed by atoms with Crippen LogP contribution in [0.4, 0.5) is 14.5 Å². The van der Waals surface area contributed by atoms with Gasteiger partial charge in [-0.05, 0) is 37.0 Å². The van der Waals surface area contributed by atoms with E-state index in [1.807, 2.05) is 13.8 Å². The highest BCUT2D eigenvalue weighted by atomic mass is 19.1. The van der Waals surface area contributed by atoms with Crippen LogP contribution in [0.5, 0.6) is 0 Å². The van der Waals surface area contributed by atoms with Gasteiger partial charge in [0.1, 0.15) is 17.3 Å². The minimum Gasteiger partial charge on any atom is -0.377 e. The maximum Gasteiger partial charge on any atom is 0.149 e. The van der Waals surface area contributed by atoms with Crippen LogP contribution in [0.15, 0.2) is 12.1 Å². The molecular weight excluding hydrogens is 274 g/mol. The fourth-order valence-corrected chi connectivity index (χ4v) is 2.74. The van der Waals surface area contributed by atoms with Crippen molar-refractivity contribution in [2.45, 2.75) is 45.2 Å². The number of ether oxygens (including phenoxy) is 1. The molecule has 0 aromatic heterocycles. The van der Waals surface area contributed by atoms with Crippen molar-refractivity contribution in [1.82, 2.24) is 0 Å². The number of hydrogen-bond donors (Lipinski definition) is 1. The Hall–Kier alpha value is -1.20. The molecule has 1 aliphatic rings. The summed E-state index contributed by atoms with van der Waals surface area (Å²) in [5.74, 6) is -1.01. The van der Waals surface area contributed by atoms with Crippen molar-refractivity contribution in [3.63, 3.8) is 0 Å². The van der Waals surface area contributed by atoms with Crippen molar-refractivity contribution in [1.29, 1.82) is 0 Å². The van der Waals surface area contributed by atoms with Crippen LogP contribution < -0.4 is 10.6 Å². The van der Waals surface area contributed by atoms with Crippen molar-refractivity contribution in [3.05, 3.63) is 29.3 Å². The molecule has 0 bridgehead atoms. The summed E-state index contributed by atoms with van der Waals surface area (Å²) in [6, 6.07) is 2.78. The highest BCUT2D eigenvalue weighted by molar-refractivity contribution is 5.52. The largest absolute Gasteiger partial charge is 0.377 e. The van der Waals surface area contributed by atoms with Crippen LogP contribution in [0.1, 0.15) is 32.3 Å². The lowest BCUT2D eigenvalue weighted by molar-refractivity contribution is 0.0922. The van der Waals surface area contributed by atoms with Crippen LogP contribution in [-0.2, 0) is 11.2 Å². The second-order valence-electron chi connectivity index (χ2n) is 5.61. The summed E-state index contributed by atoms with van der Waals surface area (Å²) in [4.78, 5) is 1.79. The summed E-state index contributed by atoms with van der Waals surface area (Å²) in [5.41, 5.74) is 6.54. The van der Waals surface area contributed by atoms with E-state index in [-0.39, 0.29) is 17.8 Å². The lowest BCUT2D eigenvalue weighted by atomic mass is 10.0. The van der Waals surface area contributed by atoms with Gasteiger partial charge in [-0.25, -0.2) is 8.78 Å². The summed E-state index contributed by atoms with van der Waals surface area (Å²) < 4.78 is 34.2. The molecule has 0 amide bonds. The maximum atomic E-state index is 14.4. The molecule has 2 unspecified atom stereocenters. The Morgan fingerprint density at radius 3 is 2.57 bits per heavy atom. The number of hydrogen-bond acceptors (Lipinski definition) is 3. The van der Waals surface area contributed by atoms with E-state index in [0.29, 0.717) is 31.7 Å². The molecule has 5 heteroatoms. The lowest BCUT2D eigenvalue weighted by Crippen LogP contribution is -2.46. The standard InChI is InChI=1S/C16H24F2N2O/c1-3-12(19)7-11-8-14(17)16(15(18)9-11)20-5-6-21-10-13(20)4-2/h8-9,12-13H,3-7,10,19H2,1-2H3. The minimum atomic E-state index is -0.506. The average molecular weight is 298 g/mol. The lowest BCUT2D eigenvalue weighted by Gasteiger charge is -2.37. The summed E-state index contributed by atoms with van der Waals surface area (Å²) in [7, 11) is 0. The van der Waals surface area contributed by atoms with E-state index in [0.717, 1.165) is 12.8 Å². The van der Waals surface area contributed by atoms with Crippen molar-refractivity contribution in [3.8, 4) is 0 Å². The normalized spacial score (nSPS) is 20.6. The molecule has 0 saturated carbocycles. The topological polar surface area (TPSA) is 38.5 Å². The Morgan fingerprint density at radius 1 is 1.33 bits per heavy atom. The van der Waals surface area contributed by atoms with Crippen LogP contribution in [-0.4, -0.2) is 31.8 Å². The Bertz CT molecular complexity index is 458. The molecular formula is C16H24F2N2O. The van der Waals surface area contributed by atoms with Gasteiger partial charge in [0.25, 0.3) is 0 Å². The first kappa shape index (κ1) is 16.2. The summed E-state index contributed by atoms with van der Waals surface area (Å²) >= 11 is 0. The Balaban J connectivity index is 2.27. The van der Waals surface area contributed by atoms with Gasteiger partial charge in [-0.1, -0.05) is 13.8 Å². The number of nitrogens with two attached hydrogens (primary N) is 1. The van der Waals surface area contributed by atoms with Crippen LogP contribution in [0.2, 0.25) is 0 Å². The van der Waals surface area contributed by atoms with E-state index in [4.69, 9.17) is 10.5 Å². The first-order chi connectivity index (χ1) is 10.1. The van der Waals surface area contributed by atoms with E-state index in [1.54, 1.807) is 4.90 Å². The molecule has 1 aromatic rings. The smallest absolute Gasteiger partial charge is 0.149 e. The SMILES string of the molecule is CCC(N)Cc1cc(F)c(N2CCOCC2CC)c(F)c1. The van der Waals surface area contributed by atoms with Crippen molar-refractivity contribution < 1.29 is 13.5 Å². The maximum absolute atomic E-state index is 14.4. The van der Waals surface area contributed by atoms with Crippen LogP contribution in [0.25, 0.3) is 0 Å². The predicted molar refractivity (Wildman–Crippen MR) is 80.6 cm³/mol. The molecule has 1 fully saturated rings. The summed E-state index contributed by atoms with van der Waals surface area (Å²) in [6.07, 6.45) is 2.07.